The zero-order valence-electron chi connectivity index (χ0n) is 14.7. The van der Waals surface area contributed by atoms with Gasteiger partial charge in [0.25, 0.3) is 0 Å². The molecule has 0 heterocycles. The molecule has 2 N–H and O–H groups in total. The largest absolute Gasteiger partial charge is 0.496 e. The second-order valence-electron chi connectivity index (χ2n) is 5.34. The number of hydrogen-bond acceptors (Lipinski definition) is 5. The van der Waals surface area contributed by atoms with Crippen molar-refractivity contribution in [1.82, 2.24) is 0 Å². The summed E-state index contributed by atoms with van der Waals surface area (Å²) in [6, 6.07) is 11.4. The van der Waals surface area contributed by atoms with Gasteiger partial charge >= 0.3 is 0 Å². The number of nitrogens with two attached hydrogens (primary N) is 1. The van der Waals surface area contributed by atoms with Crippen molar-refractivity contribution in [3.63, 3.8) is 0 Å². The first kappa shape index (κ1) is 18.4. The molecule has 5 nitrogen and oxygen atoms in total. The lowest BCUT2D eigenvalue weighted by Crippen LogP contribution is -2.23. The Morgan fingerprint density at radius 2 is 1.00 bits per heavy atom. The van der Waals surface area contributed by atoms with Crippen molar-refractivity contribution in [2.45, 2.75) is 12.1 Å². The predicted molar refractivity (Wildman–Crippen MR) is 98.0 cm³/mol. The highest BCUT2D eigenvalue weighted by atomic mass is 31.1. The van der Waals surface area contributed by atoms with E-state index in [1.165, 1.54) is 0 Å². The molecule has 0 radical (unpaired) electrons. The fourth-order valence-corrected chi connectivity index (χ4v) is 3.74. The minimum atomic E-state index is -0.601. The van der Waals surface area contributed by atoms with Gasteiger partial charge in [-0.15, -0.1) is 0 Å². The van der Waals surface area contributed by atoms with Crippen molar-refractivity contribution in [1.29, 1.82) is 0 Å². The summed E-state index contributed by atoms with van der Waals surface area (Å²) in [7, 11) is 6.58. The molecule has 0 amide bonds. The summed E-state index contributed by atoms with van der Waals surface area (Å²) in [5, 5.41) is -0.601. The molecule has 1 atom stereocenters. The highest BCUT2D eigenvalue weighted by molar-refractivity contribution is 7.37. The predicted octanol–water partition coefficient (Wildman–Crippen LogP) is 3.54. The Kier molecular flexibility index (Phi) is 5.92. The van der Waals surface area contributed by atoms with Gasteiger partial charge in [0.1, 0.15) is 23.0 Å². The first-order valence-electron chi connectivity index (χ1n) is 7.48. The summed E-state index contributed by atoms with van der Waals surface area (Å²) >= 11 is 0. The standard InChI is InChI=1S/C18H24NO4P/c1-18(24-19,16-12(20-2)8-6-9-13(16)21-3)17-14(22-4)10-7-11-15(17)23-5/h6-11,24H,19H2,1-5H3. The monoisotopic (exact) mass is 349 g/mol. The molecule has 6 heteroatoms. The molecule has 0 fully saturated rings. The van der Waals surface area contributed by atoms with Gasteiger partial charge in [-0.3, -0.25) is 0 Å². The lowest BCUT2D eigenvalue weighted by atomic mass is 9.88. The van der Waals surface area contributed by atoms with E-state index in [0.29, 0.717) is 23.0 Å². The third-order valence-electron chi connectivity index (χ3n) is 4.14. The Hall–Kier alpha value is -1.97. The quantitative estimate of drug-likeness (QED) is 0.775. The second-order valence-corrected chi connectivity index (χ2v) is 6.63. The van der Waals surface area contributed by atoms with Gasteiger partial charge in [0.05, 0.1) is 44.7 Å². The topological polar surface area (TPSA) is 62.9 Å². The van der Waals surface area contributed by atoms with Crippen molar-refractivity contribution < 1.29 is 18.9 Å². The normalized spacial score (nSPS) is 11.6. The summed E-state index contributed by atoms with van der Waals surface area (Å²) in [6.45, 7) is 2.05. The molecule has 0 saturated carbocycles. The van der Waals surface area contributed by atoms with Crippen molar-refractivity contribution in [2.75, 3.05) is 28.4 Å². The van der Waals surface area contributed by atoms with Crippen molar-refractivity contribution >= 4 is 8.73 Å². The average Bonchev–Trinajstić information content (AvgIpc) is 2.65. The molecule has 1 unspecified atom stereocenters. The number of benzene rings is 2. The SMILES string of the molecule is COc1cccc(OC)c1C(C)(PN)c1c(OC)cccc1OC. The van der Waals surface area contributed by atoms with E-state index in [2.05, 4.69) is 0 Å². The van der Waals surface area contributed by atoms with Gasteiger partial charge in [0, 0.05) is 0 Å². The third kappa shape index (κ3) is 3.02. The Balaban J connectivity index is 2.85. The van der Waals surface area contributed by atoms with Crippen LogP contribution in [0.3, 0.4) is 0 Å². The maximum Gasteiger partial charge on any atom is 0.127 e. The van der Waals surface area contributed by atoms with Crippen LogP contribution in [0.2, 0.25) is 0 Å². The molecule has 2 aromatic carbocycles. The van der Waals surface area contributed by atoms with Crippen molar-refractivity contribution in [3.05, 3.63) is 47.5 Å². The van der Waals surface area contributed by atoms with Gasteiger partial charge in [-0.2, -0.15) is 0 Å². The fraction of sp³-hybridized carbons (Fsp3) is 0.333. The Morgan fingerprint density at radius 3 is 1.21 bits per heavy atom. The van der Waals surface area contributed by atoms with E-state index in [1.54, 1.807) is 28.4 Å². The van der Waals surface area contributed by atoms with Crippen LogP contribution in [0.5, 0.6) is 23.0 Å². The average molecular weight is 349 g/mol. The maximum atomic E-state index is 6.27. The Bertz CT molecular complexity index is 605. The first-order chi connectivity index (χ1) is 11.6. The maximum absolute atomic E-state index is 6.27. The minimum absolute atomic E-state index is 0.0344. The molecule has 0 aromatic heterocycles. The molecule has 0 aliphatic rings. The van der Waals surface area contributed by atoms with Crippen molar-refractivity contribution in [3.8, 4) is 23.0 Å². The Labute approximate surface area is 144 Å². The van der Waals surface area contributed by atoms with E-state index in [0.717, 1.165) is 11.1 Å². The van der Waals surface area contributed by atoms with E-state index < -0.39 is 5.16 Å². The van der Waals surface area contributed by atoms with E-state index in [4.69, 9.17) is 24.5 Å². The minimum Gasteiger partial charge on any atom is -0.496 e. The third-order valence-corrected chi connectivity index (χ3v) is 5.22. The van der Waals surface area contributed by atoms with E-state index in [9.17, 15) is 0 Å². The zero-order chi connectivity index (χ0) is 17.7. The van der Waals surface area contributed by atoms with Crippen LogP contribution in [0.15, 0.2) is 36.4 Å². The second kappa shape index (κ2) is 7.73. The molecule has 0 spiro atoms. The highest BCUT2D eigenvalue weighted by Gasteiger charge is 2.39. The van der Waals surface area contributed by atoms with Crippen LogP contribution in [-0.2, 0) is 5.16 Å². The van der Waals surface area contributed by atoms with E-state index in [-0.39, 0.29) is 8.73 Å². The molecule has 24 heavy (non-hydrogen) atoms. The van der Waals surface area contributed by atoms with Crippen LogP contribution in [0, 0.1) is 0 Å². The van der Waals surface area contributed by atoms with Gasteiger partial charge in [-0.1, -0.05) is 12.1 Å². The lowest BCUT2D eigenvalue weighted by molar-refractivity contribution is 0.366. The van der Waals surface area contributed by atoms with E-state index in [1.807, 2.05) is 43.3 Å². The van der Waals surface area contributed by atoms with Gasteiger partial charge < -0.3 is 24.5 Å². The summed E-state index contributed by atoms with van der Waals surface area (Å²) in [5.41, 5.74) is 8.02. The molecule has 130 valence electrons. The molecule has 0 aliphatic carbocycles. The summed E-state index contributed by atoms with van der Waals surface area (Å²) in [6.07, 6.45) is 0. The smallest absolute Gasteiger partial charge is 0.127 e. The molecule has 0 aliphatic heterocycles. The molecular formula is C18H24NO4P. The number of rotatable bonds is 7. The summed E-state index contributed by atoms with van der Waals surface area (Å²) in [4.78, 5) is 0. The summed E-state index contributed by atoms with van der Waals surface area (Å²) < 4.78 is 22.4. The molecule has 0 saturated heterocycles. The van der Waals surface area contributed by atoms with Crippen LogP contribution < -0.4 is 24.5 Å². The Morgan fingerprint density at radius 1 is 0.708 bits per heavy atom. The van der Waals surface area contributed by atoms with Crippen LogP contribution >= 0.6 is 8.73 Å². The number of methoxy groups -OCH3 is 4. The first-order valence-corrected chi connectivity index (χ1v) is 8.55. The van der Waals surface area contributed by atoms with Gasteiger partial charge in [0.15, 0.2) is 0 Å². The van der Waals surface area contributed by atoms with Gasteiger partial charge in [0.2, 0.25) is 0 Å². The molecular weight excluding hydrogens is 325 g/mol. The van der Waals surface area contributed by atoms with Crippen molar-refractivity contribution in [2.24, 2.45) is 5.50 Å². The fourth-order valence-electron chi connectivity index (χ4n) is 2.96. The zero-order valence-corrected chi connectivity index (χ0v) is 15.7. The van der Waals surface area contributed by atoms with Crippen LogP contribution in [0.25, 0.3) is 0 Å². The molecule has 2 aromatic rings. The van der Waals surface area contributed by atoms with Crippen LogP contribution in [-0.4, -0.2) is 28.4 Å². The van der Waals surface area contributed by atoms with Crippen LogP contribution in [0.4, 0.5) is 0 Å². The molecule has 0 bridgehead atoms. The highest BCUT2D eigenvalue weighted by Crippen LogP contribution is 2.55. The van der Waals surface area contributed by atoms with Gasteiger partial charge in [-0.05, 0) is 39.9 Å². The van der Waals surface area contributed by atoms with E-state index >= 15 is 0 Å². The summed E-state index contributed by atoms with van der Waals surface area (Å²) in [5.74, 6) is 2.84. The molecule has 2 rings (SSSR count). The van der Waals surface area contributed by atoms with Crippen LogP contribution in [0.1, 0.15) is 18.1 Å². The lowest BCUT2D eigenvalue weighted by Gasteiger charge is -2.34. The van der Waals surface area contributed by atoms with Gasteiger partial charge in [-0.25, -0.2) is 0 Å². The number of ether oxygens (including phenoxy) is 4. The number of hydrogen-bond donors (Lipinski definition) is 1.